The molecule has 20 heavy (non-hydrogen) atoms. The van der Waals surface area contributed by atoms with Crippen LogP contribution in [0.4, 0.5) is 13.2 Å². The molecule has 0 heterocycles. The van der Waals surface area contributed by atoms with Gasteiger partial charge in [0.25, 0.3) is 11.9 Å². The molecule has 0 aromatic heterocycles. The monoisotopic (exact) mass is 310 g/mol. The van der Waals surface area contributed by atoms with Gasteiger partial charge in [0.05, 0.1) is 6.61 Å². The number of halogens is 4. The first-order valence-corrected chi connectivity index (χ1v) is 5.83. The Labute approximate surface area is 117 Å². The summed E-state index contributed by atoms with van der Waals surface area (Å²) < 4.78 is 46.4. The molecule has 0 bridgehead atoms. The summed E-state index contributed by atoms with van der Waals surface area (Å²) in [7, 11) is 0. The first-order valence-electron chi connectivity index (χ1n) is 5.45. The molecule has 1 aromatic carbocycles. The van der Waals surface area contributed by atoms with Crippen LogP contribution in [0.1, 0.15) is 6.92 Å². The van der Waals surface area contributed by atoms with E-state index < -0.39 is 24.0 Å². The van der Waals surface area contributed by atoms with Gasteiger partial charge in [0.2, 0.25) is 0 Å². The number of carbonyl (C=O) groups is 2. The predicted molar refractivity (Wildman–Crippen MR) is 63.6 cm³/mol. The molecule has 0 radical (unpaired) electrons. The van der Waals surface area contributed by atoms with Crippen LogP contribution in [0.25, 0.3) is 0 Å². The third-order valence-corrected chi connectivity index (χ3v) is 2.30. The summed E-state index contributed by atoms with van der Waals surface area (Å²) in [5, 5.41) is 0.185. The number of Topliss-reactive ketones (excluding diaryl/α,β-unsaturated/α-hetero) is 1. The summed E-state index contributed by atoms with van der Waals surface area (Å²) in [6.45, 7) is 1.21. The lowest BCUT2D eigenvalue weighted by Crippen LogP contribution is -2.44. The Bertz CT molecular complexity index is 502. The number of ether oxygens (including phenoxy) is 2. The van der Waals surface area contributed by atoms with E-state index in [1.807, 2.05) is 0 Å². The predicted octanol–water partition coefficient (Wildman–Crippen LogP) is 2.78. The second-order valence-electron chi connectivity index (χ2n) is 3.57. The minimum Gasteiger partial charge on any atom is -0.470 e. The normalized spacial score (nSPS) is 12.7. The Balaban J connectivity index is 2.99. The highest BCUT2D eigenvalue weighted by molar-refractivity contribution is 6.30. The molecule has 0 aliphatic heterocycles. The van der Waals surface area contributed by atoms with Crippen LogP contribution in [0.3, 0.4) is 0 Å². The Hall–Kier alpha value is -1.76. The van der Waals surface area contributed by atoms with Gasteiger partial charge < -0.3 is 9.47 Å². The van der Waals surface area contributed by atoms with Crippen molar-refractivity contribution in [1.29, 1.82) is 0 Å². The molecule has 0 saturated heterocycles. The maximum atomic E-state index is 12.4. The Morgan fingerprint density at radius 3 is 2.50 bits per heavy atom. The minimum atomic E-state index is -5.21. The van der Waals surface area contributed by atoms with Crippen molar-refractivity contribution in [3.05, 3.63) is 29.3 Å². The van der Waals surface area contributed by atoms with Crippen LogP contribution in [0.5, 0.6) is 5.75 Å². The first kappa shape index (κ1) is 16.3. The van der Waals surface area contributed by atoms with Gasteiger partial charge in [-0.15, -0.1) is 0 Å². The molecule has 0 amide bonds. The molecule has 1 atom stereocenters. The lowest BCUT2D eigenvalue weighted by molar-refractivity contribution is -0.184. The number of benzene rings is 1. The maximum absolute atomic E-state index is 12.4. The fraction of sp³-hybridized carbons (Fsp3) is 0.333. The highest BCUT2D eigenvalue weighted by atomic mass is 35.5. The molecule has 8 heteroatoms. The third-order valence-electron chi connectivity index (χ3n) is 2.07. The SMILES string of the molecule is CCOC(=O)[C@@H](Oc1cccc(Cl)c1)C(=O)C(F)(F)F. The van der Waals surface area contributed by atoms with Gasteiger partial charge in [-0.25, -0.2) is 4.79 Å². The number of carbonyl (C=O) groups excluding carboxylic acids is 2. The molecular formula is C12H10ClF3O4. The first-order chi connectivity index (χ1) is 9.25. The number of rotatable bonds is 5. The van der Waals surface area contributed by atoms with Gasteiger partial charge in [-0.3, -0.25) is 4.79 Å². The summed E-state index contributed by atoms with van der Waals surface area (Å²) in [6, 6.07) is 5.30. The van der Waals surface area contributed by atoms with Crippen LogP contribution >= 0.6 is 11.6 Å². The largest absolute Gasteiger partial charge is 0.470 e. The quantitative estimate of drug-likeness (QED) is 0.620. The summed E-state index contributed by atoms with van der Waals surface area (Å²) in [4.78, 5) is 22.6. The molecular weight excluding hydrogens is 301 g/mol. The zero-order valence-electron chi connectivity index (χ0n) is 10.2. The van der Waals surface area contributed by atoms with Crippen molar-refractivity contribution in [3.8, 4) is 5.75 Å². The molecule has 0 saturated carbocycles. The fourth-order valence-corrected chi connectivity index (χ4v) is 1.43. The molecule has 110 valence electrons. The van der Waals surface area contributed by atoms with Gasteiger partial charge in [0, 0.05) is 5.02 Å². The number of alkyl halides is 3. The molecule has 1 aromatic rings. The van der Waals surface area contributed by atoms with Gasteiger partial charge in [-0.1, -0.05) is 17.7 Å². The van der Waals surface area contributed by atoms with Gasteiger partial charge in [-0.2, -0.15) is 13.2 Å². The summed E-state index contributed by atoms with van der Waals surface area (Å²) >= 11 is 5.64. The van der Waals surface area contributed by atoms with E-state index in [-0.39, 0.29) is 17.4 Å². The third kappa shape index (κ3) is 4.41. The zero-order chi connectivity index (χ0) is 15.3. The lowest BCUT2D eigenvalue weighted by atomic mass is 10.2. The second kappa shape index (κ2) is 6.60. The zero-order valence-corrected chi connectivity index (χ0v) is 11.0. The number of esters is 1. The molecule has 0 fully saturated rings. The summed E-state index contributed by atoms with van der Waals surface area (Å²) in [5.74, 6) is -3.89. The van der Waals surface area contributed by atoms with E-state index in [9.17, 15) is 22.8 Å². The van der Waals surface area contributed by atoms with Gasteiger partial charge in [-0.05, 0) is 25.1 Å². The smallest absolute Gasteiger partial charge is 0.454 e. The minimum absolute atomic E-state index is 0.145. The van der Waals surface area contributed by atoms with Gasteiger partial charge in [0.1, 0.15) is 5.75 Å². The average molecular weight is 311 g/mol. The van der Waals surface area contributed by atoms with Crippen molar-refractivity contribution in [2.75, 3.05) is 6.61 Å². The van der Waals surface area contributed by atoms with Crippen molar-refractivity contribution in [2.24, 2.45) is 0 Å². The van der Waals surface area contributed by atoms with E-state index >= 15 is 0 Å². The van der Waals surface area contributed by atoms with Crippen LogP contribution in [-0.4, -0.2) is 30.6 Å². The summed E-state index contributed by atoms with van der Waals surface area (Å²) in [5.41, 5.74) is 0. The van der Waals surface area contributed by atoms with E-state index in [0.29, 0.717) is 0 Å². The highest BCUT2D eigenvalue weighted by Gasteiger charge is 2.48. The topological polar surface area (TPSA) is 52.6 Å². The standard InChI is InChI=1S/C12H10ClF3O4/c1-2-19-11(18)9(10(17)12(14,15)16)20-8-5-3-4-7(13)6-8/h3-6,9H,2H2,1H3/t9-/m0/s1. The fourth-order valence-electron chi connectivity index (χ4n) is 1.25. The molecule has 0 unspecified atom stereocenters. The Morgan fingerprint density at radius 1 is 1.35 bits per heavy atom. The Kier molecular flexibility index (Phi) is 5.38. The highest BCUT2D eigenvalue weighted by Crippen LogP contribution is 2.23. The number of hydrogen-bond donors (Lipinski definition) is 0. The van der Waals surface area contributed by atoms with Crippen LogP contribution in [0, 0.1) is 0 Å². The molecule has 0 aliphatic rings. The molecule has 0 aliphatic carbocycles. The second-order valence-corrected chi connectivity index (χ2v) is 4.01. The van der Waals surface area contributed by atoms with E-state index in [0.717, 1.165) is 0 Å². The van der Waals surface area contributed by atoms with E-state index in [1.165, 1.54) is 31.2 Å². The molecule has 4 nitrogen and oxygen atoms in total. The van der Waals surface area contributed by atoms with Crippen molar-refractivity contribution in [1.82, 2.24) is 0 Å². The molecule has 0 N–H and O–H groups in total. The van der Waals surface area contributed by atoms with Crippen LogP contribution in [0.2, 0.25) is 5.02 Å². The Morgan fingerprint density at radius 2 is 2.00 bits per heavy atom. The van der Waals surface area contributed by atoms with Gasteiger partial charge in [0.15, 0.2) is 0 Å². The number of ketones is 1. The maximum Gasteiger partial charge on any atom is 0.454 e. The van der Waals surface area contributed by atoms with Crippen molar-refractivity contribution in [3.63, 3.8) is 0 Å². The van der Waals surface area contributed by atoms with E-state index in [4.69, 9.17) is 16.3 Å². The van der Waals surface area contributed by atoms with E-state index in [2.05, 4.69) is 4.74 Å². The van der Waals surface area contributed by atoms with Gasteiger partial charge >= 0.3 is 12.1 Å². The lowest BCUT2D eigenvalue weighted by Gasteiger charge is -2.17. The van der Waals surface area contributed by atoms with Crippen LogP contribution < -0.4 is 4.74 Å². The van der Waals surface area contributed by atoms with Crippen molar-refractivity contribution >= 4 is 23.4 Å². The van der Waals surface area contributed by atoms with Crippen molar-refractivity contribution < 1.29 is 32.2 Å². The number of hydrogen-bond acceptors (Lipinski definition) is 4. The average Bonchev–Trinajstić information content (AvgIpc) is 2.34. The van der Waals surface area contributed by atoms with E-state index in [1.54, 1.807) is 0 Å². The van der Waals surface area contributed by atoms with Crippen LogP contribution in [0.15, 0.2) is 24.3 Å². The van der Waals surface area contributed by atoms with Crippen LogP contribution in [-0.2, 0) is 14.3 Å². The molecule has 0 spiro atoms. The summed E-state index contributed by atoms with van der Waals surface area (Å²) in [6.07, 6.45) is -7.62. The van der Waals surface area contributed by atoms with Crippen molar-refractivity contribution in [2.45, 2.75) is 19.2 Å². The molecule has 1 rings (SSSR count).